The van der Waals surface area contributed by atoms with Crippen molar-refractivity contribution in [2.75, 3.05) is 10.7 Å². The van der Waals surface area contributed by atoms with Crippen LogP contribution in [0.15, 0.2) is 0 Å². The van der Waals surface area contributed by atoms with E-state index in [9.17, 15) is 0 Å². The first kappa shape index (κ1) is 24.2. The molecule has 2 fully saturated rings. The average Bonchev–Trinajstić information content (AvgIpc) is 2.69. The van der Waals surface area contributed by atoms with Crippen LogP contribution in [0.25, 0.3) is 0 Å². The molecule has 0 heterocycles. The maximum Gasteiger partial charge on any atom is 0.0309 e. The van der Waals surface area contributed by atoms with Crippen LogP contribution in [0.3, 0.4) is 0 Å². The smallest absolute Gasteiger partial charge is 0.0309 e. The van der Waals surface area contributed by atoms with E-state index in [-0.39, 0.29) is 21.9 Å². The molecule has 2 nitrogen and oxygen atoms in total. The topological polar surface area (TPSA) is 52.0 Å². The second-order valence-electron chi connectivity index (χ2n) is 9.94. The second kappa shape index (κ2) is 10.3. The van der Waals surface area contributed by atoms with E-state index in [0.29, 0.717) is 0 Å². The minimum absolute atomic E-state index is 0.0791. The van der Waals surface area contributed by atoms with Crippen molar-refractivity contribution in [1.82, 2.24) is 0 Å². The Morgan fingerprint density at radius 3 is 1.37 bits per heavy atom. The van der Waals surface area contributed by atoms with Crippen molar-refractivity contribution >= 4 is 31.9 Å². The van der Waals surface area contributed by atoms with Crippen molar-refractivity contribution < 1.29 is 0 Å². The van der Waals surface area contributed by atoms with E-state index in [2.05, 4.69) is 45.7 Å². The van der Waals surface area contributed by atoms with Gasteiger partial charge in [0.05, 0.1) is 0 Å². The van der Waals surface area contributed by atoms with Crippen LogP contribution >= 0.6 is 31.9 Å². The van der Waals surface area contributed by atoms with Crippen LogP contribution in [0.1, 0.15) is 110 Å². The summed E-state index contributed by atoms with van der Waals surface area (Å²) in [4.78, 5) is 0. The highest BCUT2D eigenvalue weighted by atomic mass is 79.9. The van der Waals surface area contributed by atoms with Crippen molar-refractivity contribution in [2.24, 2.45) is 22.3 Å². The fourth-order valence-electron chi connectivity index (χ4n) is 6.38. The van der Waals surface area contributed by atoms with Gasteiger partial charge in [0, 0.05) is 21.7 Å². The normalized spacial score (nSPS) is 40.2. The monoisotopic (exact) mass is 506 g/mol. The van der Waals surface area contributed by atoms with E-state index in [4.69, 9.17) is 11.5 Å². The Bertz CT molecular complexity index is 420. The predicted molar refractivity (Wildman–Crippen MR) is 127 cm³/mol. The zero-order valence-corrected chi connectivity index (χ0v) is 21.1. The van der Waals surface area contributed by atoms with Crippen LogP contribution in [0.4, 0.5) is 0 Å². The third-order valence-corrected chi connectivity index (χ3v) is 10.3. The number of rotatable bonds is 10. The van der Waals surface area contributed by atoms with Gasteiger partial charge in [0.2, 0.25) is 0 Å². The Kier molecular flexibility index (Phi) is 9.18. The lowest BCUT2D eigenvalue weighted by Gasteiger charge is -2.60. The lowest BCUT2D eigenvalue weighted by atomic mass is 9.48. The molecule has 4 atom stereocenters. The van der Waals surface area contributed by atoms with E-state index in [1.807, 2.05) is 0 Å². The zero-order chi connectivity index (χ0) is 20.0. The molecule has 0 aliphatic heterocycles. The van der Waals surface area contributed by atoms with Gasteiger partial charge >= 0.3 is 0 Å². The number of alkyl halides is 2. The molecule has 0 aromatic carbocycles. The van der Waals surface area contributed by atoms with Crippen LogP contribution < -0.4 is 11.5 Å². The molecule has 0 radical (unpaired) electrons. The molecule has 4 unspecified atom stereocenters. The van der Waals surface area contributed by atoms with Crippen LogP contribution in [0, 0.1) is 10.8 Å². The van der Waals surface area contributed by atoms with Gasteiger partial charge in [-0.25, -0.2) is 0 Å². The molecule has 0 saturated heterocycles. The molecule has 27 heavy (non-hydrogen) atoms. The molecule has 4 heteroatoms. The average molecular weight is 508 g/mol. The summed E-state index contributed by atoms with van der Waals surface area (Å²) in [6, 6.07) is 0. The maximum atomic E-state index is 7.21. The largest absolute Gasteiger partial charge is 0.324 e. The molecule has 0 aromatic heterocycles. The van der Waals surface area contributed by atoms with Gasteiger partial charge < -0.3 is 11.5 Å². The van der Waals surface area contributed by atoms with E-state index in [0.717, 1.165) is 23.5 Å². The van der Waals surface area contributed by atoms with Gasteiger partial charge in [-0.15, -0.1) is 0 Å². The molecule has 2 rings (SSSR count). The van der Waals surface area contributed by atoms with Gasteiger partial charge in [-0.2, -0.15) is 0 Å². The van der Waals surface area contributed by atoms with Crippen LogP contribution in [0.2, 0.25) is 0 Å². The summed E-state index contributed by atoms with van der Waals surface area (Å²) in [5.74, 6) is 0. The standard InChI is InChI=1S/C23H44Br2N2/c1-3-5-11-20(13-7-9-15-22(20,26)18-24)17-21(12-6-4-2)14-8-10-16-23(21,27)19-25/h3-19,26-27H2,1-2H3. The first-order valence-corrected chi connectivity index (χ1v) is 13.8. The fourth-order valence-corrected chi connectivity index (χ4v) is 8.13. The highest BCUT2D eigenvalue weighted by Crippen LogP contribution is 2.60. The summed E-state index contributed by atoms with van der Waals surface area (Å²) >= 11 is 7.70. The number of unbranched alkanes of at least 4 members (excludes halogenated alkanes) is 2. The number of hydrogen-bond acceptors (Lipinski definition) is 2. The maximum absolute atomic E-state index is 7.21. The van der Waals surface area contributed by atoms with E-state index < -0.39 is 0 Å². The van der Waals surface area contributed by atoms with Crippen molar-refractivity contribution in [3.63, 3.8) is 0 Å². The molecule has 0 bridgehead atoms. The first-order chi connectivity index (χ1) is 12.9. The van der Waals surface area contributed by atoms with Crippen LogP contribution in [-0.4, -0.2) is 21.7 Å². The molecule has 0 amide bonds. The lowest BCUT2D eigenvalue weighted by molar-refractivity contribution is -0.0451. The molecule has 0 spiro atoms. The van der Waals surface area contributed by atoms with Gasteiger partial charge in [-0.1, -0.05) is 97.1 Å². The van der Waals surface area contributed by atoms with Gasteiger partial charge in [-0.3, -0.25) is 0 Å². The van der Waals surface area contributed by atoms with Crippen molar-refractivity contribution in [3.05, 3.63) is 0 Å². The zero-order valence-electron chi connectivity index (χ0n) is 17.9. The summed E-state index contributed by atoms with van der Waals surface area (Å²) in [5.41, 5.74) is 14.7. The molecule has 2 saturated carbocycles. The Labute approximate surface area is 185 Å². The molecule has 4 N–H and O–H groups in total. The molecular formula is C23H44Br2N2. The van der Waals surface area contributed by atoms with Crippen molar-refractivity contribution in [1.29, 1.82) is 0 Å². The number of nitrogens with two attached hydrogens (primary N) is 2. The predicted octanol–water partition coefficient (Wildman–Crippen LogP) is 7.06. The van der Waals surface area contributed by atoms with Gasteiger partial charge in [0.1, 0.15) is 0 Å². The molecule has 0 aromatic rings. The lowest BCUT2D eigenvalue weighted by Crippen LogP contribution is -2.65. The van der Waals surface area contributed by atoms with Crippen molar-refractivity contribution in [3.8, 4) is 0 Å². The third-order valence-electron chi connectivity index (χ3n) is 8.34. The summed E-state index contributed by atoms with van der Waals surface area (Å²) in [5, 5.41) is 1.86. The fraction of sp³-hybridized carbons (Fsp3) is 1.00. The molecular weight excluding hydrogens is 464 g/mol. The number of halogens is 2. The summed E-state index contributed by atoms with van der Waals surface area (Å²) in [6.07, 6.45) is 19.1. The molecule has 2 aliphatic carbocycles. The van der Waals surface area contributed by atoms with Crippen molar-refractivity contribution in [2.45, 2.75) is 121 Å². The van der Waals surface area contributed by atoms with E-state index >= 15 is 0 Å². The van der Waals surface area contributed by atoms with Gasteiger partial charge in [0.25, 0.3) is 0 Å². The Morgan fingerprint density at radius 1 is 0.667 bits per heavy atom. The molecule has 2 aliphatic rings. The summed E-state index contributed by atoms with van der Waals surface area (Å²) < 4.78 is 0. The Morgan fingerprint density at radius 2 is 1.04 bits per heavy atom. The minimum Gasteiger partial charge on any atom is -0.324 e. The second-order valence-corrected chi connectivity index (χ2v) is 11.1. The quantitative estimate of drug-likeness (QED) is 0.311. The third kappa shape index (κ3) is 4.80. The highest BCUT2D eigenvalue weighted by Gasteiger charge is 2.57. The van der Waals surface area contributed by atoms with E-state index in [1.54, 1.807) is 0 Å². The van der Waals surface area contributed by atoms with E-state index in [1.165, 1.54) is 83.5 Å². The SMILES string of the molecule is CCCCC1(CC2(CCCC)CCCCC2(N)CBr)CCCCC1(N)CBr. The summed E-state index contributed by atoms with van der Waals surface area (Å²) in [6.45, 7) is 4.64. The van der Waals surface area contributed by atoms with Gasteiger partial charge in [0.15, 0.2) is 0 Å². The van der Waals surface area contributed by atoms with Crippen LogP contribution in [-0.2, 0) is 0 Å². The minimum atomic E-state index is -0.0791. The first-order valence-electron chi connectivity index (χ1n) is 11.6. The van der Waals surface area contributed by atoms with Gasteiger partial charge in [-0.05, 0) is 55.8 Å². The Hall–Kier alpha value is 0.880. The van der Waals surface area contributed by atoms with Crippen LogP contribution in [0.5, 0.6) is 0 Å². The highest BCUT2D eigenvalue weighted by molar-refractivity contribution is 9.09. The molecule has 160 valence electrons. The summed E-state index contributed by atoms with van der Waals surface area (Å²) in [7, 11) is 0. The Balaban J connectivity index is 2.46. The number of hydrogen-bond donors (Lipinski definition) is 2.